The molecule has 3 aromatic rings. The number of benzene rings is 3. The Kier molecular flexibility index (Phi) is 5.63. The van der Waals surface area contributed by atoms with Crippen LogP contribution < -0.4 is 5.32 Å². The topological polar surface area (TPSA) is 49.4 Å². The molecule has 1 aliphatic rings. The van der Waals surface area contributed by atoms with Crippen molar-refractivity contribution < 1.29 is 14.0 Å². The molecule has 3 aromatic carbocycles. The van der Waals surface area contributed by atoms with E-state index in [0.29, 0.717) is 28.3 Å². The number of carbonyl (C=O) groups excluding carboxylic acids is 2. The molecule has 0 fully saturated rings. The lowest BCUT2D eigenvalue weighted by molar-refractivity contribution is -0.136. The van der Waals surface area contributed by atoms with Crippen LogP contribution in [0.2, 0.25) is 5.02 Å². The smallest absolute Gasteiger partial charge is 0.278 e. The molecule has 4 nitrogen and oxygen atoms in total. The van der Waals surface area contributed by atoms with Crippen molar-refractivity contribution in [2.24, 2.45) is 0 Å². The molecule has 0 saturated heterocycles. The first kappa shape index (κ1) is 19.9. The fraction of sp³-hybridized carbons (Fsp3) is 0.0833. The molecule has 0 aromatic heterocycles. The molecule has 0 unspecified atom stereocenters. The van der Waals surface area contributed by atoms with Crippen LogP contribution in [0.3, 0.4) is 0 Å². The van der Waals surface area contributed by atoms with Crippen LogP contribution in [0, 0.1) is 5.82 Å². The molecule has 1 aliphatic heterocycles. The second-order valence-corrected chi connectivity index (χ2v) is 7.32. The fourth-order valence-electron chi connectivity index (χ4n) is 3.34. The Bertz CT molecular complexity index is 1110. The lowest BCUT2D eigenvalue weighted by Crippen LogP contribution is -2.34. The summed E-state index contributed by atoms with van der Waals surface area (Å²) in [5, 5.41) is 3.65. The van der Waals surface area contributed by atoms with E-state index in [4.69, 9.17) is 11.6 Å². The number of imide groups is 1. The van der Waals surface area contributed by atoms with Gasteiger partial charge in [-0.05, 0) is 53.9 Å². The highest BCUT2D eigenvalue weighted by molar-refractivity contribution is 6.36. The molecule has 150 valence electrons. The number of rotatable bonds is 6. The summed E-state index contributed by atoms with van der Waals surface area (Å²) in [7, 11) is 0. The molecule has 0 aliphatic carbocycles. The van der Waals surface area contributed by atoms with E-state index in [1.807, 2.05) is 30.3 Å². The SMILES string of the molecule is O=C1C(Nc2ccc(F)cc2)=C(c2ccccc2)C(=O)N1CCc1ccc(Cl)cc1. The van der Waals surface area contributed by atoms with Crippen LogP contribution in [0.5, 0.6) is 0 Å². The average molecular weight is 421 g/mol. The summed E-state index contributed by atoms with van der Waals surface area (Å²) in [4.78, 5) is 27.5. The summed E-state index contributed by atoms with van der Waals surface area (Å²) in [6, 6.07) is 22.0. The summed E-state index contributed by atoms with van der Waals surface area (Å²) in [5.41, 5.74) is 2.64. The van der Waals surface area contributed by atoms with Crippen molar-refractivity contribution in [1.82, 2.24) is 4.90 Å². The predicted octanol–water partition coefficient (Wildman–Crippen LogP) is 4.91. The molecule has 0 radical (unpaired) electrons. The summed E-state index contributed by atoms with van der Waals surface area (Å²) in [6.45, 7) is 0.240. The Balaban J connectivity index is 1.63. The van der Waals surface area contributed by atoms with Gasteiger partial charge in [-0.15, -0.1) is 0 Å². The maximum Gasteiger partial charge on any atom is 0.278 e. The zero-order chi connectivity index (χ0) is 21.1. The van der Waals surface area contributed by atoms with Gasteiger partial charge in [0, 0.05) is 17.3 Å². The van der Waals surface area contributed by atoms with Gasteiger partial charge in [-0.1, -0.05) is 54.1 Å². The molecule has 1 heterocycles. The van der Waals surface area contributed by atoms with Crippen molar-refractivity contribution in [3.8, 4) is 0 Å². The van der Waals surface area contributed by atoms with E-state index < -0.39 is 5.91 Å². The third-order valence-corrected chi connectivity index (χ3v) is 5.13. The van der Waals surface area contributed by atoms with Gasteiger partial charge in [0.15, 0.2) is 0 Å². The number of nitrogens with zero attached hydrogens (tertiary/aromatic N) is 1. The third-order valence-electron chi connectivity index (χ3n) is 4.88. The lowest BCUT2D eigenvalue weighted by Gasteiger charge is -2.15. The zero-order valence-electron chi connectivity index (χ0n) is 15.9. The minimum Gasteiger partial charge on any atom is -0.350 e. The molecule has 2 amide bonds. The third kappa shape index (κ3) is 4.11. The lowest BCUT2D eigenvalue weighted by atomic mass is 10.0. The molecule has 0 atom stereocenters. The normalized spacial score (nSPS) is 13.9. The first-order valence-corrected chi connectivity index (χ1v) is 9.83. The van der Waals surface area contributed by atoms with E-state index in [9.17, 15) is 14.0 Å². The maximum absolute atomic E-state index is 13.3. The van der Waals surface area contributed by atoms with E-state index in [2.05, 4.69) is 5.32 Å². The van der Waals surface area contributed by atoms with Crippen molar-refractivity contribution >= 4 is 34.7 Å². The molecule has 0 saturated carbocycles. The number of halogens is 2. The quantitative estimate of drug-likeness (QED) is 0.576. The van der Waals surface area contributed by atoms with E-state index in [0.717, 1.165) is 5.56 Å². The first-order valence-electron chi connectivity index (χ1n) is 9.46. The van der Waals surface area contributed by atoms with Crippen LogP contribution in [-0.2, 0) is 16.0 Å². The Labute approximate surface area is 178 Å². The monoisotopic (exact) mass is 420 g/mol. The number of hydrogen-bond donors (Lipinski definition) is 1. The van der Waals surface area contributed by atoms with E-state index >= 15 is 0 Å². The van der Waals surface area contributed by atoms with Gasteiger partial charge in [0.25, 0.3) is 11.8 Å². The van der Waals surface area contributed by atoms with Crippen molar-refractivity contribution in [3.05, 3.63) is 107 Å². The van der Waals surface area contributed by atoms with Gasteiger partial charge in [-0.3, -0.25) is 14.5 Å². The second-order valence-electron chi connectivity index (χ2n) is 6.89. The van der Waals surface area contributed by atoms with E-state index in [-0.39, 0.29) is 24.0 Å². The van der Waals surface area contributed by atoms with E-state index in [1.165, 1.54) is 29.2 Å². The van der Waals surface area contributed by atoms with Crippen molar-refractivity contribution in [2.45, 2.75) is 6.42 Å². The first-order chi connectivity index (χ1) is 14.5. The van der Waals surface area contributed by atoms with Crippen LogP contribution in [-0.4, -0.2) is 23.3 Å². The molecule has 6 heteroatoms. The highest BCUT2D eigenvalue weighted by atomic mass is 35.5. The fourth-order valence-corrected chi connectivity index (χ4v) is 3.46. The van der Waals surface area contributed by atoms with Gasteiger partial charge in [0.2, 0.25) is 0 Å². The van der Waals surface area contributed by atoms with Crippen LogP contribution in [0.15, 0.2) is 84.6 Å². The molecular formula is C24H18ClFN2O2. The summed E-state index contributed by atoms with van der Waals surface area (Å²) >= 11 is 5.92. The summed E-state index contributed by atoms with van der Waals surface area (Å²) < 4.78 is 13.3. The van der Waals surface area contributed by atoms with E-state index in [1.54, 1.807) is 24.3 Å². The summed E-state index contributed by atoms with van der Waals surface area (Å²) in [5.74, 6) is -1.14. The highest BCUT2D eigenvalue weighted by Gasteiger charge is 2.38. The van der Waals surface area contributed by atoms with Crippen LogP contribution >= 0.6 is 11.6 Å². The van der Waals surface area contributed by atoms with Crippen molar-refractivity contribution in [1.29, 1.82) is 0 Å². The standard InChI is InChI=1S/C24H18ClFN2O2/c25-18-8-6-16(7-9-18)14-15-28-23(29)21(17-4-2-1-3-5-17)22(24(28)30)27-20-12-10-19(26)11-13-20/h1-13,27H,14-15H2. The molecule has 0 bridgehead atoms. The zero-order valence-corrected chi connectivity index (χ0v) is 16.7. The average Bonchev–Trinajstić information content (AvgIpc) is 2.99. The van der Waals surface area contributed by atoms with Crippen molar-refractivity contribution in [2.75, 3.05) is 11.9 Å². The number of nitrogens with one attached hydrogen (secondary N) is 1. The Morgan fingerprint density at radius 2 is 1.50 bits per heavy atom. The second kappa shape index (κ2) is 8.51. The Hall–Kier alpha value is -3.44. The highest BCUT2D eigenvalue weighted by Crippen LogP contribution is 2.30. The molecule has 30 heavy (non-hydrogen) atoms. The minimum atomic E-state index is -0.405. The van der Waals surface area contributed by atoms with Gasteiger partial charge in [-0.2, -0.15) is 0 Å². The van der Waals surface area contributed by atoms with Gasteiger partial charge < -0.3 is 5.32 Å². The number of hydrogen-bond acceptors (Lipinski definition) is 3. The van der Waals surface area contributed by atoms with Crippen LogP contribution in [0.25, 0.3) is 5.57 Å². The van der Waals surface area contributed by atoms with Gasteiger partial charge >= 0.3 is 0 Å². The molecular weight excluding hydrogens is 403 g/mol. The number of anilines is 1. The van der Waals surface area contributed by atoms with Gasteiger partial charge in [0.05, 0.1) is 5.57 Å². The van der Waals surface area contributed by atoms with Gasteiger partial charge in [0.1, 0.15) is 11.5 Å². The molecule has 0 spiro atoms. The Morgan fingerprint density at radius 3 is 2.17 bits per heavy atom. The predicted molar refractivity (Wildman–Crippen MR) is 115 cm³/mol. The maximum atomic E-state index is 13.3. The molecule has 1 N–H and O–H groups in total. The largest absolute Gasteiger partial charge is 0.350 e. The molecule has 4 rings (SSSR count). The van der Waals surface area contributed by atoms with Crippen molar-refractivity contribution in [3.63, 3.8) is 0 Å². The summed E-state index contributed by atoms with van der Waals surface area (Å²) in [6.07, 6.45) is 0.514. The number of amides is 2. The minimum absolute atomic E-state index is 0.189. The van der Waals surface area contributed by atoms with Gasteiger partial charge in [-0.25, -0.2) is 4.39 Å². The van der Waals surface area contributed by atoms with Crippen LogP contribution in [0.1, 0.15) is 11.1 Å². The Morgan fingerprint density at radius 1 is 0.833 bits per heavy atom. The van der Waals surface area contributed by atoms with Crippen LogP contribution in [0.4, 0.5) is 10.1 Å². The number of carbonyl (C=O) groups is 2.